The van der Waals surface area contributed by atoms with Crippen LogP contribution in [0.1, 0.15) is 9.67 Å². The van der Waals surface area contributed by atoms with Gasteiger partial charge in [0, 0.05) is 36.8 Å². The molecule has 2 aromatic rings. The van der Waals surface area contributed by atoms with Crippen LogP contribution in [0.4, 0.5) is 5.69 Å². The number of fused-ring (bicyclic) bond motifs is 3. The average Bonchev–Trinajstić information content (AvgIpc) is 2.83. The van der Waals surface area contributed by atoms with Crippen molar-refractivity contribution in [2.45, 2.75) is 0 Å². The summed E-state index contributed by atoms with van der Waals surface area (Å²) in [7, 11) is 3.52. The summed E-state index contributed by atoms with van der Waals surface area (Å²) < 4.78 is 6.44. The van der Waals surface area contributed by atoms with Crippen molar-refractivity contribution in [3.8, 4) is 5.75 Å². The van der Waals surface area contributed by atoms with Crippen LogP contribution in [0.3, 0.4) is 0 Å². The largest absolute Gasteiger partial charge is 0.497 e. The summed E-state index contributed by atoms with van der Waals surface area (Å²) in [6.07, 6.45) is 1.88. The van der Waals surface area contributed by atoms with E-state index in [2.05, 4.69) is 11.5 Å². The van der Waals surface area contributed by atoms with Crippen LogP contribution < -0.4 is 9.64 Å². The maximum Gasteiger partial charge on any atom is 0.265 e. The molecule has 1 amide bonds. The summed E-state index contributed by atoms with van der Waals surface area (Å²) in [5.74, 6) is 0.906. The second-order valence-corrected chi connectivity index (χ2v) is 6.16. The minimum absolute atomic E-state index is 0.0942. The molecule has 110 valence electrons. The van der Waals surface area contributed by atoms with Crippen molar-refractivity contribution >= 4 is 33.0 Å². The Hall–Kier alpha value is -2.01. The molecule has 2 heterocycles. The Morgan fingerprint density at radius 1 is 1.43 bits per heavy atom. The van der Waals surface area contributed by atoms with Crippen LogP contribution in [-0.4, -0.2) is 44.6 Å². The second-order valence-electron chi connectivity index (χ2n) is 5.10. The first-order valence-electron chi connectivity index (χ1n) is 6.87. The van der Waals surface area contributed by atoms with Crippen molar-refractivity contribution < 1.29 is 9.53 Å². The number of rotatable bonds is 3. The van der Waals surface area contributed by atoms with Gasteiger partial charge in [-0.05, 0) is 18.2 Å². The first-order chi connectivity index (χ1) is 10.2. The monoisotopic (exact) mass is 302 g/mol. The number of benzene rings is 1. The van der Waals surface area contributed by atoms with Crippen LogP contribution in [0.5, 0.6) is 5.75 Å². The fourth-order valence-corrected chi connectivity index (χ4v) is 3.85. The lowest BCUT2D eigenvalue weighted by molar-refractivity contribution is 0.0809. The molecule has 3 rings (SSSR count). The summed E-state index contributed by atoms with van der Waals surface area (Å²) >= 11 is 1.55. The van der Waals surface area contributed by atoms with Gasteiger partial charge in [-0.25, -0.2) is 0 Å². The van der Waals surface area contributed by atoms with E-state index in [1.807, 2.05) is 31.3 Å². The molecule has 0 bridgehead atoms. The van der Waals surface area contributed by atoms with Gasteiger partial charge in [0.1, 0.15) is 10.6 Å². The minimum Gasteiger partial charge on any atom is -0.497 e. The van der Waals surface area contributed by atoms with E-state index < -0.39 is 0 Å². The van der Waals surface area contributed by atoms with Gasteiger partial charge in [0.2, 0.25) is 0 Å². The van der Waals surface area contributed by atoms with E-state index >= 15 is 0 Å². The summed E-state index contributed by atoms with van der Waals surface area (Å²) in [6, 6.07) is 5.97. The lowest BCUT2D eigenvalue weighted by atomic mass is 10.2. The molecule has 0 spiro atoms. The van der Waals surface area contributed by atoms with Gasteiger partial charge in [-0.2, -0.15) is 0 Å². The molecule has 0 unspecified atom stereocenters. The lowest BCUT2D eigenvalue weighted by Crippen LogP contribution is -2.31. The molecular formula is C16H18N2O2S. The van der Waals surface area contributed by atoms with E-state index in [4.69, 9.17) is 4.74 Å². The van der Waals surface area contributed by atoms with Crippen LogP contribution in [0.15, 0.2) is 30.9 Å². The van der Waals surface area contributed by atoms with Crippen LogP contribution >= 0.6 is 11.3 Å². The van der Waals surface area contributed by atoms with E-state index in [9.17, 15) is 4.79 Å². The van der Waals surface area contributed by atoms with Crippen molar-refractivity contribution in [2.75, 3.05) is 38.7 Å². The first kappa shape index (κ1) is 13.9. The van der Waals surface area contributed by atoms with E-state index in [1.165, 1.54) is 0 Å². The summed E-state index contributed by atoms with van der Waals surface area (Å²) in [6.45, 7) is 6.10. The smallest absolute Gasteiger partial charge is 0.265 e. The molecular weight excluding hydrogens is 284 g/mol. The Bertz CT molecular complexity index is 708. The molecule has 1 aromatic heterocycles. The predicted octanol–water partition coefficient (Wildman–Crippen LogP) is 2.99. The Morgan fingerprint density at radius 2 is 2.24 bits per heavy atom. The Balaban J connectivity index is 2.25. The number of anilines is 1. The molecule has 5 heteroatoms. The molecule has 0 saturated carbocycles. The number of amides is 1. The van der Waals surface area contributed by atoms with Gasteiger partial charge in [-0.3, -0.25) is 4.79 Å². The molecule has 0 radical (unpaired) electrons. The molecule has 4 nitrogen and oxygen atoms in total. The van der Waals surface area contributed by atoms with Crippen molar-refractivity contribution in [3.05, 3.63) is 35.7 Å². The fourth-order valence-electron chi connectivity index (χ4n) is 2.65. The fraction of sp³-hybridized carbons (Fsp3) is 0.312. The van der Waals surface area contributed by atoms with Crippen molar-refractivity contribution in [1.29, 1.82) is 0 Å². The highest BCUT2D eigenvalue weighted by molar-refractivity contribution is 7.21. The highest BCUT2D eigenvalue weighted by Crippen LogP contribution is 2.41. The number of ether oxygens (including phenoxy) is 1. The first-order valence-corrected chi connectivity index (χ1v) is 7.69. The standard InChI is InChI=1S/C16H18N2O2S/c1-4-7-18-9-8-17(2)16(19)15-14(18)12-10-11(20-3)5-6-13(12)21-15/h4-6,10H,1,7-9H2,2-3H3. The number of likely N-dealkylation sites (N-methyl/N-ethyl adjacent to an activating group) is 1. The van der Waals surface area contributed by atoms with Crippen LogP contribution in [0.25, 0.3) is 10.1 Å². The molecule has 1 aromatic carbocycles. The van der Waals surface area contributed by atoms with Gasteiger partial charge in [0.15, 0.2) is 0 Å². The summed E-state index contributed by atoms with van der Waals surface area (Å²) in [5.41, 5.74) is 1.02. The van der Waals surface area contributed by atoms with Crippen molar-refractivity contribution in [3.63, 3.8) is 0 Å². The number of nitrogens with zero attached hydrogens (tertiary/aromatic N) is 2. The third-order valence-electron chi connectivity index (χ3n) is 3.78. The Kier molecular flexibility index (Phi) is 3.59. The summed E-state index contributed by atoms with van der Waals surface area (Å²) in [5, 5.41) is 1.08. The Morgan fingerprint density at radius 3 is 2.95 bits per heavy atom. The second kappa shape index (κ2) is 5.41. The van der Waals surface area contributed by atoms with E-state index in [-0.39, 0.29) is 5.91 Å². The number of hydrogen-bond acceptors (Lipinski definition) is 4. The zero-order valence-electron chi connectivity index (χ0n) is 12.3. The number of carbonyl (C=O) groups is 1. The summed E-state index contributed by atoms with van der Waals surface area (Å²) in [4.78, 5) is 17.4. The third kappa shape index (κ3) is 2.27. The number of methoxy groups -OCH3 is 1. The third-order valence-corrected chi connectivity index (χ3v) is 4.93. The molecule has 0 fully saturated rings. The van der Waals surface area contributed by atoms with Gasteiger partial charge >= 0.3 is 0 Å². The number of hydrogen-bond donors (Lipinski definition) is 0. The van der Waals surface area contributed by atoms with E-state index in [0.717, 1.165) is 46.0 Å². The van der Waals surface area contributed by atoms with E-state index in [0.29, 0.717) is 0 Å². The Labute approximate surface area is 128 Å². The highest BCUT2D eigenvalue weighted by atomic mass is 32.1. The van der Waals surface area contributed by atoms with Crippen LogP contribution in [0, 0.1) is 0 Å². The zero-order valence-corrected chi connectivity index (χ0v) is 13.1. The van der Waals surface area contributed by atoms with Crippen LogP contribution in [0.2, 0.25) is 0 Å². The quantitative estimate of drug-likeness (QED) is 0.817. The average molecular weight is 302 g/mol. The normalized spacial score (nSPS) is 15.0. The van der Waals surface area contributed by atoms with Crippen LogP contribution in [-0.2, 0) is 0 Å². The zero-order chi connectivity index (χ0) is 15.0. The minimum atomic E-state index is 0.0942. The molecule has 1 aliphatic rings. The predicted molar refractivity (Wildman–Crippen MR) is 87.7 cm³/mol. The molecule has 0 N–H and O–H groups in total. The van der Waals surface area contributed by atoms with Crippen molar-refractivity contribution in [2.24, 2.45) is 0 Å². The van der Waals surface area contributed by atoms with Gasteiger partial charge in [-0.1, -0.05) is 6.08 Å². The number of thiophene rings is 1. The topological polar surface area (TPSA) is 32.8 Å². The maximum atomic E-state index is 12.6. The van der Waals surface area contributed by atoms with Crippen molar-refractivity contribution in [1.82, 2.24) is 4.90 Å². The van der Waals surface area contributed by atoms with Gasteiger partial charge < -0.3 is 14.5 Å². The maximum absolute atomic E-state index is 12.6. The van der Waals surface area contributed by atoms with E-state index in [1.54, 1.807) is 23.3 Å². The molecule has 21 heavy (non-hydrogen) atoms. The van der Waals surface area contributed by atoms with Gasteiger partial charge in [0.05, 0.1) is 12.8 Å². The molecule has 0 atom stereocenters. The van der Waals surface area contributed by atoms with Gasteiger partial charge in [-0.15, -0.1) is 17.9 Å². The highest BCUT2D eigenvalue weighted by Gasteiger charge is 2.28. The van der Waals surface area contributed by atoms with Gasteiger partial charge in [0.25, 0.3) is 5.91 Å². The number of carbonyl (C=O) groups excluding carboxylic acids is 1. The molecule has 0 saturated heterocycles. The lowest BCUT2D eigenvalue weighted by Gasteiger charge is -2.22. The molecule has 0 aliphatic carbocycles. The molecule has 1 aliphatic heterocycles. The SMILES string of the molecule is C=CCN1CCN(C)C(=O)c2sc3ccc(OC)cc3c21.